The minimum absolute atomic E-state index is 0.0329. The molecular formula is C11H11BrN4O. The molecule has 0 aliphatic heterocycles. The second-order valence-electron chi connectivity index (χ2n) is 3.34. The maximum atomic E-state index is 11.5. The summed E-state index contributed by atoms with van der Waals surface area (Å²) in [4.78, 5) is 15.4. The molecule has 0 radical (unpaired) electrons. The van der Waals surface area contributed by atoms with Gasteiger partial charge in [0.25, 0.3) is 0 Å². The van der Waals surface area contributed by atoms with Crippen LogP contribution in [-0.4, -0.2) is 26.0 Å². The van der Waals surface area contributed by atoms with Gasteiger partial charge in [-0.15, -0.1) is 0 Å². The Bertz CT molecular complexity index is 498. The number of hydrogen-bond donors (Lipinski definition) is 1. The van der Waals surface area contributed by atoms with Gasteiger partial charge in [0, 0.05) is 11.8 Å². The summed E-state index contributed by atoms with van der Waals surface area (Å²) in [5.41, 5.74) is 1.52. The van der Waals surface area contributed by atoms with Gasteiger partial charge < -0.3 is 5.32 Å². The molecular weight excluding hydrogens is 284 g/mol. The first-order valence-corrected chi connectivity index (χ1v) is 6.23. The summed E-state index contributed by atoms with van der Waals surface area (Å²) in [6.07, 6.45) is 3.48. The largest absolute Gasteiger partial charge is 0.324 e. The number of nitrogens with one attached hydrogen (secondary N) is 1. The molecule has 2 rings (SSSR count). The smallest absolute Gasteiger partial charge is 0.225 e. The van der Waals surface area contributed by atoms with E-state index >= 15 is 0 Å². The molecule has 88 valence electrons. The zero-order chi connectivity index (χ0) is 12.1. The summed E-state index contributed by atoms with van der Waals surface area (Å²) in [6, 6.07) is 7.46. The Kier molecular flexibility index (Phi) is 3.87. The van der Waals surface area contributed by atoms with E-state index in [2.05, 4.69) is 31.3 Å². The topological polar surface area (TPSA) is 59.8 Å². The lowest BCUT2D eigenvalue weighted by molar-refractivity contribution is -0.115. The van der Waals surface area contributed by atoms with Gasteiger partial charge in [0.2, 0.25) is 5.91 Å². The molecule has 6 heteroatoms. The van der Waals surface area contributed by atoms with E-state index in [0.29, 0.717) is 11.8 Å². The van der Waals surface area contributed by atoms with E-state index in [9.17, 15) is 4.79 Å². The van der Waals surface area contributed by atoms with Crippen LogP contribution in [0.4, 0.5) is 5.69 Å². The van der Waals surface area contributed by atoms with Gasteiger partial charge in [0.1, 0.15) is 12.7 Å². The number of para-hydroxylation sites is 2. The monoisotopic (exact) mass is 294 g/mol. The van der Waals surface area contributed by atoms with E-state index in [4.69, 9.17) is 0 Å². The Morgan fingerprint density at radius 1 is 1.41 bits per heavy atom. The Morgan fingerprint density at radius 3 is 2.94 bits per heavy atom. The van der Waals surface area contributed by atoms with Crippen molar-refractivity contribution in [2.45, 2.75) is 6.42 Å². The summed E-state index contributed by atoms with van der Waals surface area (Å²) in [6.45, 7) is 0. The van der Waals surface area contributed by atoms with E-state index < -0.39 is 0 Å². The normalized spacial score (nSPS) is 10.2. The van der Waals surface area contributed by atoms with Gasteiger partial charge in [-0.3, -0.25) is 4.79 Å². The minimum atomic E-state index is -0.0329. The van der Waals surface area contributed by atoms with Crippen LogP contribution in [0.3, 0.4) is 0 Å². The standard InChI is InChI=1S/C11H11BrN4O/c12-6-5-11(17)15-9-3-1-2-4-10(9)16-8-13-7-14-16/h1-4,7-8H,5-6H2,(H,15,17). The highest BCUT2D eigenvalue weighted by Crippen LogP contribution is 2.18. The van der Waals surface area contributed by atoms with Crippen LogP contribution in [0.25, 0.3) is 5.69 Å². The second kappa shape index (κ2) is 5.58. The van der Waals surface area contributed by atoms with Crippen molar-refractivity contribution in [1.29, 1.82) is 0 Å². The summed E-state index contributed by atoms with van der Waals surface area (Å²) in [5, 5.41) is 7.53. The van der Waals surface area contributed by atoms with Crippen molar-refractivity contribution in [3.8, 4) is 5.69 Å². The summed E-state index contributed by atoms with van der Waals surface area (Å²) in [7, 11) is 0. The molecule has 0 fully saturated rings. The van der Waals surface area contributed by atoms with E-state index in [0.717, 1.165) is 11.4 Å². The molecule has 1 heterocycles. The molecule has 5 nitrogen and oxygen atoms in total. The number of carbonyl (C=O) groups is 1. The van der Waals surface area contributed by atoms with Crippen molar-refractivity contribution >= 4 is 27.5 Å². The number of halogens is 1. The third-order valence-corrected chi connectivity index (χ3v) is 2.56. The average Bonchev–Trinajstić information content (AvgIpc) is 2.83. The van der Waals surface area contributed by atoms with Crippen LogP contribution in [0.2, 0.25) is 0 Å². The number of benzene rings is 1. The van der Waals surface area contributed by atoms with E-state index in [1.54, 1.807) is 11.0 Å². The highest BCUT2D eigenvalue weighted by Gasteiger charge is 2.07. The van der Waals surface area contributed by atoms with Crippen molar-refractivity contribution in [3.05, 3.63) is 36.9 Å². The number of amides is 1. The highest BCUT2D eigenvalue weighted by molar-refractivity contribution is 9.09. The molecule has 0 saturated carbocycles. The van der Waals surface area contributed by atoms with E-state index in [-0.39, 0.29) is 5.91 Å². The first-order valence-electron chi connectivity index (χ1n) is 5.11. The fourth-order valence-electron chi connectivity index (χ4n) is 1.41. The van der Waals surface area contributed by atoms with Crippen LogP contribution in [0.15, 0.2) is 36.9 Å². The number of alkyl halides is 1. The Morgan fingerprint density at radius 2 is 2.24 bits per heavy atom. The zero-order valence-electron chi connectivity index (χ0n) is 9.01. The predicted molar refractivity (Wildman–Crippen MR) is 68.4 cm³/mol. The summed E-state index contributed by atoms with van der Waals surface area (Å²) < 4.78 is 1.61. The molecule has 0 aliphatic carbocycles. The quantitative estimate of drug-likeness (QED) is 0.878. The SMILES string of the molecule is O=C(CCBr)Nc1ccccc1-n1cncn1. The molecule has 0 atom stereocenters. The fourth-order valence-corrected chi connectivity index (χ4v) is 1.77. The van der Waals surface area contributed by atoms with Crippen molar-refractivity contribution in [3.63, 3.8) is 0 Å². The van der Waals surface area contributed by atoms with Crippen LogP contribution >= 0.6 is 15.9 Å². The lowest BCUT2D eigenvalue weighted by Crippen LogP contribution is -2.13. The van der Waals surface area contributed by atoms with Crippen molar-refractivity contribution in [1.82, 2.24) is 14.8 Å². The molecule has 0 bridgehead atoms. The van der Waals surface area contributed by atoms with E-state index in [1.165, 1.54) is 6.33 Å². The van der Waals surface area contributed by atoms with Crippen molar-refractivity contribution < 1.29 is 4.79 Å². The number of rotatable bonds is 4. The van der Waals surface area contributed by atoms with Gasteiger partial charge in [0.05, 0.1) is 11.4 Å². The number of carbonyl (C=O) groups excluding carboxylic acids is 1. The lowest BCUT2D eigenvalue weighted by atomic mass is 10.2. The van der Waals surface area contributed by atoms with Gasteiger partial charge in [-0.1, -0.05) is 28.1 Å². The number of nitrogens with zero attached hydrogens (tertiary/aromatic N) is 3. The Hall–Kier alpha value is -1.69. The van der Waals surface area contributed by atoms with Crippen LogP contribution in [0, 0.1) is 0 Å². The van der Waals surface area contributed by atoms with Crippen LogP contribution in [0.1, 0.15) is 6.42 Å². The fraction of sp³-hybridized carbons (Fsp3) is 0.182. The van der Waals surface area contributed by atoms with Gasteiger partial charge in [-0.2, -0.15) is 5.10 Å². The number of aromatic nitrogens is 3. The molecule has 17 heavy (non-hydrogen) atoms. The van der Waals surface area contributed by atoms with Gasteiger partial charge >= 0.3 is 0 Å². The first kappa shape index (κ1) is 11.8. The van der Waals surface area contributed by atoms with Gasteiger partial charge in [-0.25, -0.2) is 9.67 Å². The summed E-state index contributed by atoms with van der Waals surface area (Å²) in [5.74, 6) is -0.0329. The zero-order valence-corrected chi connectivity index (χ0v) is 10.6. The molecule has 2 aromatic rings. The first-order chi connectivity index (χ1) is 8.31. The van der Waals surface area contributed by atoms with Crippen molar-refractivity contribution in [2.24, 2.45) is 0 Å². The molecule has 0 spiro atoms. The molecule has 1 aromatic heterocycles. The lowest BCUT2D eigenvalue weighted by Gasteiger charge is -2.09. The van der Waals surface area contributed by atoms with Crippen LogP contribution in [-0.2, 0) is 4.79 Å². The number of hydrogen-bond acceptors (Lipinski definition) is 3. The second-order valence-corrected chi connectivity index (χ2v) is 4.14. The van der Waals surface area contributed by atoms with Gasteiger partial charge in [-0.05, 0) is 12.1 Å². The van der Waals surface area contributed by atoms with Crippen LogP contribution < -0.4 is 5.32 Å². The van der Waals surface area contributed by atoms with Crippen molar-refractivity contribution in [2.75, 3.05) is 10.6 Å². The minimum Gasteiger partial charge on any atom is -0.324 e. The summed E-state index contributed by atoms with van der Waals surface area (Å²) >= 11 is 3.23. The maximum absolute atomic E-state index is 11.5. The Labute approximate surface area is 107 Å². The van der Waals surface area contributed by atoms with Gasteiger partial charge in [0.15, 0.2) is 0 Å². The molecule has 0 aliphatic rings. The average molecular weight is 295 g/mol. The number of anilines is 1. The maximum Gasteiger partial charge on any atom is 0.225 e. The third kappa shape index (κ3) is 2.91. The Balaban J connectivity index is 2.25. The molecule has 0 unspecified atom stereocenters. The highest BCUT2D eigenvalue weighted by atomic mass is 79.9. The molecule has 1 amide bonds. The molecule has 1 aromatic carbocycles. The van der Waals surface area contributed by atoms with Crippen LogP contribution in [0.5, 0.6) is 0 Å². The predicted octanol–water partition coefficient (Wildman–Crippen LogP) is 1.99. The third-order valence-electron chi connectivity index (χ3n) is 2.17. The van der Waals surface area contributed by atoms with E-state index in [1.807, 2.05) is 24.3 Å². The molecule has 1 N–H and O–H groups in total. The molecule has 0 saturated heterocycles.